The largest absolute Gasteiger partial charge is 0.493 e. The van der Waals surface area contributed by atoms with E-state index in [0.29, 0.717) is 12.6 Å². The van der Waals surface area contributed by atoms with Gasteiger partial charge in [0.1, 0.15) is 11.5 Å². The van der Waals surface area contributed by atoms with Gasteiger partial charge in [0.2, 0.25) is 0 Å². The topological polar surface area (TPSA) is 39.7 Å². The van der Waals surface area contributed by atoms with Crippen molar-refractivity contribution in [2.75, 3.05) is 26.9 Å². The van der Waals surface area contributed by atoms with E-state index >= 15 is 0 Å². The van der Waals surface area contributed by atoms with E-state index < -0.39 is 0 Å². The fraction of sp³-hybridized carbons (Fsp3) is 0.625. The van der Waals surface area contributed by atoms with E-state index in [0.717, 1.165) is 48.6 Å². The Hall–Kier alpha value is -0.780. The molecule has 21 heavy (non-hydrogen) atoms. The Morgan fingerprint density at radius 1 is 1.38 bits per heavy atom. The van der Waals surface area contributed by atoms with Crippen LogP contribution in [0, 0.1) is 0 Å². The molecule has 0 radical (unpaired) electrons. The third-order valence-corrected chi connectivity index (χ3v) is 4.73. The van der Waals surface area contributed by atoms with Crippen LogP contribution in [0.4, 0.5) is 0 Å². The molecule has 0 atom stereocenters. The first-order chi connectivity index (χ1) is 10.3. The molecule has 1 aliphatic heterocycles. The summed E-state index contributed by atoms with van der Waals surface area (Å²) in [6.45, 7) is 2.99. The predicted octanol–water partition coefficient (Wildman–Crippen LogP) is 3.05. The minimum atomic E-state index is 0.665. The highest BCUT2D eigenvalue weighted by atomic mass is 79.9. The summed E-state index contributed by atoms with van der Waals surface area (Å²) < 4.78 is 17.9. The Balaban J connectivity index is 1.74. The molecule has 3 rings (SSSR count). The number of rotatable bonds is 8. The number of methoxy groups -OCH3 is 1. The summed E-state index contributed by atoms with van der Waals surface area (Å²) in [5.74, 6) is 1.93. The highest BCUT2D eigenvalue weighted by molar-refractivity contribution is 9.10. The zero-order valence-electron chi connectivity index (χ0n) is 12.4. The molecule has 116 valence electrons. The molecule has 4 nitrogen and oxygen atoms in total. The van der Waals surface area contributed by atoms with Gasteiger partial charge in [-0.25, -0.2) is 0 Å². The second kappa shape index (κ2) is 6.99. The number of ether oxygens (including phenoxy) is 3. The van der Waals surface area contributed by atoms with E-state index in [1.807, 2.05) is 0 Å². The maximum Gasteiger partial charge on any atom is 0.140 e. The fourth-order valence-corrected chi connectivity index (χ4v) is 3.13. The normalized spacial score (nSPS) is 16.7. The van der Waals surface area contributed by atoms with E-state index in [2.05, 4.69) is 27.3 Å². The molecule has 2 aliphatic rings. The molecular weight excluding hydrogens is 334 g/mol. The number of fused-ring (bicyclic) bond motifs is 1. The van der Waals surface area contributed by atoms with E-state index in [9.17, 15) is 0 Å². The van der Waals surface area contributed by atoms with Gasteiger partial charge in [-0.05, 0) is 40.4 Å². The summed E-state index contributed by atoms with van der Waals surface area (Å²) in [4.78, 5) is 0. The maximum atomic E-state index is 6.01. The van der Waals surface area contributed by atoms with Gasteiger partial charge in [-0.3, -0.25) is 0 Å². The van der Waals surface area contributed by atoms with Gasteiger partial charge in [-0.15, -0.1) is 0 Å². The summed E-state index contributed by atoms with van der Waals surface area (Å²) >= 11 is 3.72. The Morgan fingerprint density at radius 3 is 3.00 bits per heavy atom. The molecule has 1 fully saturated rings. The maximum absolute atomic E-state index is 6.01. The van der Waals surface area contributed by atoms with Gasteiger partial charge in [-0.1, -0.05) is 0 Å². The molecule has 0 bridgehead atoms. The molecule has 1 saturated carbocycles. The van der Waals surface area contributed by atoms with Crippen LogP contribution in [-0.2, 0) is 17.7 Å². The summed E-state index contributed by atoms with van der Waals surface area (Å²) in [5, 5.41) is 3.55. The van der Waals surface area contributed by atoms with Crippen LogP contribution in [-0.4, -0.2) is 33.0 Å². The number of hydrogen-bond donors (Lipinski definition) is 1. The zero-order chi connectivity index (χ0) is 14.7. The van der Waals surface area contributed by atoms with Gasteiger partial charge in [0.15, 0.2) is 0 Å². The quantitative estimate of drug-likeness (QED) is 0.727. The highest BCUT2D eigenvalue weighted by Gasteiger charge is 2.25. The molecule has 5 heteroatoms. The van der Waals surface area contributed by atoms with E-state index in [1.54, 1.807) is 7.11 Å². The molecular formula is C16H22BrNO3. The highest BCUT2D eigenvalue weighted by Crippen LogP contribution is 2.42. The number of nitrogens with one attached hydrogen (secondary N) is 1. The van der Waals surface area contributed by atoms with Crippen molar-refractivity contribution in [2.24, 2.45) is 0 Å². The summed E-state index contributed by atoms with van der Waals surface area (Å²) in [7, 11) is 1.71. The van der Waals surface area contributed by atoms with E-state index in [4.69, 9.17) is 14.2 Å². The third kappa shape index (κ3) is 3.71. The molecule has 0 unspecified atom stereocenters. The van der Waals surface area contributed by atoms with Gasteiger partial charge in [0.25, 0.3) is 0 Å². The summed E-state index contributed by atoms with van der Waals surface area (Å²) in [6, 6.07) is 2.83. The van der Waals surface area contributed by atoms with Gasteiger partial charge < -0.3 is 19.5 Å². The Labute approximate surface area is 134 Å². The van der Waals surface area contributed by atoms with Crippen molar-refractivity contribution >= 4 is 15.9 Å². The SMILES string of the molecule is COCCCOc1c(Br)c(CNC2CC2)cc2c1CCO2. The van der Waals surface area contributed by atoms with Crippen molar-refractivity contribution < 1.29 is 14.2 Å². The molecule has 1 N–H and O–H groups in total. The van der Waals surface area contributed by atoms with Crippen LogP contribution in [0.3, 0.4) is 0 Å². The lowest BCUT2D eigenvalue weighted by Crippen LogP contribution is -2.16. The van der Waals surface area contributed by atoms with E-state index in [-0.39, 0.29) is 0 Å². The molecule has 1 heterocycles. The molecule has 0 spiro atoms. The molecule has 0 amide bonds. The minimum Gasteiger partial charge on any atom is -0.493 e. The van der Waals surface area contributed by atoms with Crippen molar-refractivity contribution in [3.8, 4) is 11.5 Å². The van der Waals surface area contributed by atoms with Crippen molar-refractivity contribution in [1.29, 1.82) is 0 Å². The lowest BCUT2D eigenvalue weighted by Gasteiger charge is -2.16. The van der Waals surface area contributed by atoms with Gasteiger partial charge in [-0.2, -0.15) is 0 Å². The van der Waals surface area contributed by atoms with Crippen molar-refractivity contribution in [2.45, 2.75) is 38.3 Å². The standard InChI is InChI=1S/C16H22BrNO3/c1-19-6-2-7-21-16-13-5-8-20-14(13)9-11(15(16)17)10-18-12-3-4-12/h9,12,18H,2-8,10H2,1H3. The lowest BCUT2D eigenvalue weighted by atomic mass is 10.1. The monoisotopic (exact) mass is 355 g/mol. The summed E-state index contributed by atoms with van der Waals surface area (Å²) in [6.07, 6.45) is 4.39. The van der Waals surface area contributed by atoms with E-state index in [1.165, 1.54) is 24.0 Å². The van der Waals surface area contributed by atoms with Crippen LogP contribution in [0.2, 0.25) is 0 Å². The Morgan fingerprint density at radius 2 is 2.24 bits per heavy atom. The van der Waals surface area contributed by atoms with Crippen molar-refractivity contribution in [3.63, 3.8) is 0 Å². The van der Waals surface area contributed by atoms with Crippen molar-refractivity contribution in [1.82, 2.24) is 5.32 Å². The first-order valence-corrected chi connectivity index (χ1v) is 8.41. The van der Waals surface area contributed by atoms with Crippen LogP contribution in [0.1, 0.15) is 30.4 Å². The molecule has 1 aromatic carbocycles. The number of hydrogen-bond acceptors (Lipinski definition) is 4. The first-order valence-electron chi connectivity index (χ1n) is 7.61. The van der Waals surface area contributed by atoms with Gasteiger partial charge in [0, 0.05) is 44.7 Å². The average molecular weight is 356 g/mol. The van der Waals surface area contributed by atoms with Gasteiger partial charge >= 0.3 is 0 Å². The van der Waals surface area contributed by atoms with Crippen LogP contribution >= 0.6 is 15.9 Å². The second-order valence-corrected chi connectivity index (χ2v) is 6.40. The molecule has 0 aromatic heterocycles. The first kappa shape index (κ1) is 15.1. The van der Waals surface area contributed by atoms with Gasteiger partial charge in [0.05, 0.1) is 17.7 Å². The summed E-state index contributed by atoms with van der Waals surface area (Å²) in [5.41, 5.74) is 2.40. The fourth-order valence-electron chi connectivity index (χ4n) is 2.53. The minimum absolute atomic E-state index is 0.665. The van der Waals surface area contributed by atoms with Crippen LogP contribution in [0.15, 0.2) is 10.5 Å². The van der Waals surface area contributed by atoms with Crippen LogP contribution < -0.4 is 14.8 Å². The predicted molar refractivity (Wildman–Crippen MR) is 85.2 cm³/mol. The third-order valence-electron chi connectivity index (χ3n) is 3.87. The average Bonchev–Trinajstić information content (AvgIpc) is 3.20. The zero-order valence-corrected chi connectivity index (χ0v) is 14.0. The molecule has 1 aromatic rings. The Bertz CT molecular complexity index is 503. The number of benzene rings is 1. The smallest absolute Gasteiger partial charge is 0.140 e. The Kier molecular flexibility index (Phi) is 5.03. The number of halogens is 1. The molecule has 1 aliphatic carbocycles. The lowest BCUT2D eigenvalue weighted by molar-refractivity contribution is 0.171. The second-order valence-electron chi connectivity index (χ2n) is 5.60. The van der Waals surface area contributed by atoms with Crippen molar-refractivity contribution in [3.05, 3.63) is 21.7 Å². The van der Waals surface area contributed by atoms with Crippen LogP contribution in [0.5, 0.6) is 11.5 Å². The van der Waals surface area contributed by atoms with Crippen LogP contribution in [0.25, 0.3) is 0 Å². The molecule has 0 saturated heterocycles.